The van der Waals surface area contributed by atoms with Crippen LogP contribution in [0.4, 0.5) is 5.82 Å². The molecule has 1 aliphatic heterocycles. The van der Waals surface area contributed by atoms with Gasteiger partial charge >= 0.3 is 0 Å². The van der Waals surface area contributed by atoms with E-state index >= 15 is 0 Å². The monoisotopic (exact) mass is 423 g/mol. The molecule has 0 saturated heterocycles. The normalized spacial score (nSPS) is 14.8. The average molecular weight is 424 g/mol. The summed E-state index contributed by atoms with van der Waals surface area (Å²) in [4.78, 5) is 9.83. The van der Waals surface area contributed by atoms with Crippen molar-refractivity contribution in [1.29, 1.82) is 0 Å². The Hall–Kier alpha value is -3.43. The van der Waals surface area contributed by atoms with E-state index in [0.29, 0.717) is 5.02 Å². The quantitative estimate of drug-likeness (QED) is 0.371. The lowest BCUT2D eigenvalue weighted by Crippen LogP contribution is -2.13. The van der Waals surface area contributed by atoms with E-state index in [9.17, 15) is 0 Å². The molecule has 0 radical (unpaired) electrons. The number of halogens is 1. The average Bonchev–Trinajstić information content (AvgIpc) is 3.17. The van der Waals surface area contributed by atoms with Crippen molar-refractivity contribution in [3.63, 3.8) is 0 Å². The Bertz CT molecular complexity index is 1260. The summed E-state index contributed by atoms with van der Waals surface area (Å²) >= 11 is 6.50. The van der Waals surface area contributed by atoms with Crippen LogP contribution in [0.3, 0.4) is 0 Å². The zero-order valence-corrected chi connectivity index (χ0v) is 18.0. The summed E-state index contributed by atoms with van der Waals surface area (Å²) < 4.78 is 0. The van der Waals surface area contributed by atoms with Crippen LogP contribution in [0.25, 0.3) is 22.4 Å². The molecule has 3 nitrogen and oxygen atoms in total. The molecule has 1 atom stereocenters. The van der Waals surface area contributed by atoms with Crippen LogP contribution in [-0.4, -0.2) is 10.8 Å². The molecule has 1 aromatic heterocycles. The maximum absolute atomic E-state index is 6.50. The minimum Gasteiger partial charge on any atom is -0.325 e. The van der Waals surface area contributed by atoms with Crippen LogP contribution >= 0.6 is 11.6 Å². The Morgan fingerprint density at radius 3 is 2.29 bits per heavy atom. The van der Waals surface area contributed by atoms with Crippen LogP contribution in [0.5, 0.6) is 0 Å². The Morgan fingerprint density at radius 2 is 1.52 bits per heavy atom. The lowest BCUT2D eigenvalue weighted by Gasteiger charge is -2.13. The van der Waals surface area contributed by atoms with E-state index in [2.05, 4.69) is 60.8 Å². The molecule has 4 heteroatoms. The van der Waals surface area contributed by atoms with Gasteiger partial charge in [0.05, 0.1) is 11.7 Å². The van der Waals surface area contributed by atoms with Gasteiger partial charge in [0.1, 0.15) is 11.7 Å². The van der Waals surface area contributed by atoms with E-state index < -0.39 is 0 Å². The van der Waals surface area contributed by atoms with Crippen molar-refractivity contribution in [1.82, 2.24) is 4.98 Å². The molecule has 1 aliphatic rings. The minimum absolute atomic E-state index is 0.180. The third kappa shape index (κ3) is 3.85. The number of rotatable bonds is 4. The minimum atomic E-state index is 0.180. The molecule has 0 bridgehead atoms. The first kappa shape index (κ1) is 19.5. The van der Waals surface area contributed by atoms with Gasteiger partial charge < -0.3 is 5.32 Å². The van der Waals surface area contributed by atoms with Crippen LogP contribution in [0.2, 0.25) is 5.02 Å². The number of hydrogen-bond donors (Lipinski definition) is 1. The van der Waals surface area contributed by atoms with Crippen molar-refractivity contribution in [2.45, 2.75) is 19.4 Å². The van der Waals surface area contributed by atoms with Crippen molar-refractivity contribution in [2.24, 2.45) is 4.99 Å². The van der Waals surface area contributed by atoms with Crippen LogP contribution < -0.4 is 5.32 Å². The Balaban J connectivity index is 1.61. The van der Waals surface area contributed by atoms with Crippen LogP contribution in [-0.2, 0) is 0 Å². The topological polar surface area (TPSA) is 37.3 Å². The number of benzene rings is 3. The molecule has 3 aromatic carbocycles. The van der Waals surface area contributed by atoms with E-state index in [4.69, 9.17) is 21.6 Å². The van der Waals surface area contributed by atoms with Crippen molar-refractivity contribution in [3.05, 3.63) is 107 Å². The second-order valence-corrected chi connectivity index (χ2v) is 7.99. The standard InChI is InChI=1S/C27H22ClN3/c1-2-24-20-12-6-7-13-21(20)27(30-24)31-26-17-19(18-10-4-3-5-11-18)16-25(29-26)22-14-8-9-15-23(22)28/h3-17,24H,2H2,1H3,(H,29,30,31). The zero-order valence-electron chi connectivity index (χ0n) is 17.2. The van der Waals surface area contributed by atoms with Crippen LogP contribution in [0.15, 0.2) is 96.0 Å². The molecule has 0 amide bonds. The number of anilines is 1. The molecule has 2 heterocycles. The first-order valence-electron chi connectivity index (χ1n) is 10.5. The maximum Gasteiger partial charge on any atom is 0.134 e. The van der Waals surface area contributed by atoms with Gasteiger partial charge in [-0.1, -0.05) is 91.3 Å². The fourth-order valence-electron chi connectivity index (χ4n) is 4.03. The van der Waals surface area contributed by atoms with E-state index in [0.717, 1.165) is 46.0 Å². The van der Waals surface area contributed by atoms with Gasteiger partial charge in [0.15, 0.2) is 0 Å². The van der Waals surface area contributed by atoms with Gasteiger partial charge in [-0.3, -0.25) is 4.99 Å². The van der Waals surface area contributed by atoms with Crippen LogP contribution in [0.1, 0.15) is 30.5 Å². The maximum atomic E-state index is 6.50. The molecule has 0 fully saturated rings. The lowest BCUT2D eigenvalue weighted by atomic mass is 10.0. The lowest BCUT2D eigenvalue weighted by molar-refractivity contribution is 0.716. The number of aliphatic imine (C=N–C) groups is 1. The third-order valence-corrected chi connectivity index (χ3v) is 5.90. The van der Waals surface area contributed by atoms with Gasteiger partial charge in [0, 0.05) is 16.1 Å². The highest BCUT2D eigenvalue weighted by atomic mass is 35.5. The molecule has 0 saturated carbocycles. The second-order valence-electron chi connectivity index (χ2n) is 7.59. The molecule has 1 unspecified atom stereocenters. The second kappa shape index (κ2) is 8.37. The van der Waals surface area contributed by atoms with Gasteiger partial charge in [0.25, 0.3) is 0 Å². The highest BCUT2D eigenvalue weighted by molar-refractivity contribution is 6.33. The summed E-state index contributed by atoms with van der Waals surface area (Å²) in [6.07, 6.45) is 0.963. The van der Waals surface area contributed by atoms with E-state index in [1.807, 2.05) is 42.5 Å². The predicted molar refractivity (Wildman–Crippen MR) is 130 cm³/mol. The Kier molecular flexibility index (Phi) is 5.27. The third-order valence-electron chi connectivity index (χ3n) is 5.58. The van der Waals surface area contributed by atoms with Crippen molar-refractivity contribution in [2.75, 3.05) is 5.32 Å². The van der Waals surface area contributed by atoms with E-state index in [1.165, 1.54) is 5.56 Å². The number of aromatic nitrogens is 1. The fourth-order valence-corrected chi connectivity index (χ4v) is 4.26. The molecule has 4 aromatic rings. The van der Waals surface area contributed by atoms with Gasteiger partial charge in [-0.2, -0.15) is 0 Å². The summed E-state index contributed by atoms with van der Waals surface area (Å²) in [5.41, 5.74) is 6.34. The highest BCUT2D eigenvalue weighted by Gasteiger charge is 2.24. The van der Waals surface area contributed by atoms with Crippen molar-refractivity contribution >= 4 is 23.3 Å². The smallest absolute Gasteiger partial charge is 0.134 e. The number of nitrogens with zero attached hydrogens (tertiary/aromatic N) is 2. The summed E-state index contributed by atoms with van der Waals surface area (Å²) in [5, 5.41) is 4.18. The SMILES string of the molecule is CCC1N=C(Nc2cc(-c3ccccc3)cc(-c3ccccc3Cl)n2)c2ccccc21. The first-order valence-corrected chi connectivity index (χ1v) is 10.9. The summed E-state index contributed by atoms with van der Waals surface area (Å²) in [6.45, 7) is 2.16. The van der Waals surface area contributed by atoms with E-state index in [1.54, 1.807) is 0 Å². The first-order chi connectivity index (χ1) is 15.2. The van der Waals surface area contributed by atoms with Gasteiger partial charge in [-0.15, -0.1) is 0 Å². The number of pyridine rings is 1. The van der Waals surface area contributed by atoms with Crippen LogP contribution in [0, 0.1) is 0 Å². The molecule has 0 spiro atoms. The summed E-state index contributed by atoms with van der Waals surface area (Å²) in [5.74, 6) is 1.62. The van der Waals surface area contributed by atoms with Crippen molar-refractivity contribution in [3.8, 4) is 22.4 Å². The molecule has 152 valence electrons. The zero-order chi connectivity index (χ0) is 21.2. The summed E-state index contributed by atoms with van der Waals surface area (Å²) in [7, 11) is 0. The molecule has 1 N–H and O–H groups in total. The Labute approximate surface area is 187 Å². The fraction of sp³-hybridized carbons (Fsp3) is 0.111. The number of amidine groups is 1. The summed E-state index contributed by atoms with van der Waals surface area (Å²) in [6, 6.07) is 30.9. The number of hydrogen-bond acceptors (Lipinski definition) is 3. The molecule has 5 rings (SSSR count). The molecular formula is C27H22ClN3. The highest BCUT2D eigenvalue weighted by Crippen LogP contribution is 2.34. The predicted octanol–water partition coefficient (Wildman–Crippen LogP) is 7.39. The molecular weight excluding hydrogens is 402 g/mol. The molecule has 0 aliphatic carbocycles. The number of fused-ring (bicyclic) bond motifs is 1. The number of nitrogens with one attached hydrogen (secondary N) is 1. The van der Waals surface area contributed by atoms with Crippen molar-refractivity contribution < 1.29 is 0 Å². The van der Waals surface area contributed by atoms with Gasteiger partial charge in [-0.25, -0.2) is 4.98 Å². The van der Waals surface area contributed by atoms with E-state index in [-0.39, 0.29) is 6.04 Å². The largest absolute Gasteiger partial charge is 0.325 e. The van der Waals surface area contributed by atoms with Gasteiger partial charge in [0.2, 0.25) is 0 Å². The molecule has 31 heavy (non-hydrogen) atoms. The van der Waals surface area contributed by atoms with Gasteiger partial charge in [-0.05, 0) is 41.3 Å². The Morgan fingerprint density at radius 1 is 0.806 bits per heavy atom.